The Kier molecular flexibility index (Phi) is 5.75. The molecule has 2 N–H and O–H groups in total. The van der Waals surface area contributed by atoms with Gasteiger partial charge in [-0.15, -0.1) is 0 Å². The highest BCUT2D eigenvalue weighted by Gasteiger charge is 2.37. The highest BCUT2D eigenvalue weighted by molar-refractivity contribution is 6.01. The minimum atomic E-state index is -0.890. The van der Waals surface area contributed by atoms with E-state index in [2.05, 4.69) is 4.74 Å². The maximum Gasteiger partial charge on any atom is 0.305 e. The van der Waals surface area contributed by atoms with E-state index < -0.39 is 17.9 Å². The molecule has 1 unspecified atom stereocenters. The van der Waals surface area contributed by atoms with Crippen LogP contribution in [0.2, 0.25) is 0 Å². The van der Waals surface area contributed by atoms with Gasteiger partial charge < -0.3 is 24.8 Å². The van der Waals surface area contributed by atoms with Gasteiger partial charge in [0.1, 0.15) is 11.8 Å². The summed E-state index contributed by atoms with van der Waals surface area (Å²) in [6, 6.07) is 4.19. The minimum Gasteiger partial charge on any atom is -0.469 e. The lowest BCUT2D eigenvalue weighted by molar-refractivity contribution is -0.141. The number of benzene rings is 1. The minimum absolute atomic E-state index is 0.00271. The predicted molar refractivity (Wildman–Crippen MR) is 83.1 cm³/mol. The lowest BCUT2D eigenvalue weighted by Gasteiger charge is -2.24. The van der Waals surface area contributed by atoms with Crippen LogP contribution in [0.5, 0.6) is 5.75 Å². The SMILES string of the molecule is COCOc1cccc2c1CN(C(CCC(=O)OC)C(N)=O)C2=O. The topological polar surface area (TPSA) is 108 Å². The number of rotatable bonds is 8. The fourth-order valence-electron chi connectivity index (χ4n) is 2.64. The Morgan fingerprint density at radius 3 is 2.71 bits per heavy atom. The normalized spacial score (nSPS) is 14.2. The Labute approximate surface area is 139 Å². The summed E-state index contributed by atoms with van der Waals surface area (Å²) in [5.74, 6) is -0.933. The third-order valence-corrected chi connectivity index (χ3v) is 3.84. The number of primary amides is 1. The van der Waals surface area contributed by atoms with Gasteiger partial charge in [-0.05, 0) is 18.6 Å². The number of esters is 1. The molecule has 0 spiro atoms. The second kappa shape index (κ2) is 7.78. The number of carbonyl (C=O) groups excluding carboxylic acids is 3. The van der Waals surface area contributed by atoms with Gasteiger partial charge in [0.05, 0.1) is 13.7 Å². The Hall–Kier alpha value is -2.61. The van der Waals surface area contributed by atoms with E-state index in [-0.39, 0.29) is 32.1 Å². The zero-order valence-electron chi connectivity index (χ0n) is 13.6. The first-order valence-corrected chi connectivity index (χ1v) is 7.40. The van der Waals surface area contributed by atoms with E-state index in [0.717, 1.165) is 0 Å². The summed E-state index contributed by atoms with van der Waals surface area (Å²) in [5, 5.41) is 0. The van der Waals surface area contributed by atoms with Gasteiger partial charge in [-0.2, -0.15) is 0 Å². The number of hydrogen-bond acceptors (Lipinski definition) is 6. The zero-order chi connectivity index (χ0) is 17.7. The van der Waals surface area contributed by atoms with Crippen LogP contribution in [-0.4, -0.2) is 49.7 Å². The van der Waals surface area contributed by atoms with Gasteiger partial charge in [0.15, 0.2) is 6.79 Å². The van der Waals surface area contributed by atoms with Crippen LogP contribution >= 0.6 is 0 Å². The summed E-state index contributed by atoms with van der Waals surface area (Å²) in [6.07, 6.45) is 0.104. The predicted octanol–water partition coefficient (Wildman–Crippen LogP) is 0.432. The van der Waals surface area contributed by atoms with Crippen molar-refractivity contribution in [1.29, 1.82) is 0 Å². The summed E-state index contributed by atoms with van der Waals surface area (Å²) in [5.41, 5.74) is 6.55. The number of fused-ring (bicyclic) bond motifs is 1. The van der Waals surface area contributed by atoms with Gasteiger partial charge in [-0.1, -0.05) is 6.07 Å². The largest absolute Gasteiger partial charge is 0.469 e. The Morgan fingerprint density at radius 2 is 2.08 bits per heavy atom. The van der Waals surface area contributed by atoms with Crippen molar-refractivity contribution in [2.75, 3.05) is 21.0 Å². The van der Waals surface area contributed by atoms with Crippen LogP contribution in [-0.2, 0) is 25.6 Å². The smallest absolute Gasteiger partial charge is 0.305 e. The van der Waals surface area contributed by atoms with E-state index in [9.17, 15) is 14.4 Å². The number of nitrogens with zero attached hydrogens (tertiary/aromatic N) is 1. The number of ether oxygens (including phenoxy) is 3. The summed E-state index contributed by atoms with van der Waals surface area (Å²) in [4.78, 5) is 37.0. The van der Waals surface area contributed by atoms with Crippen molar-refractivity contribution >= 4 is 17.8 Å². The quantitative estimate of drug-likeness (QED) is 0.545. The second-order valence-electron chi connectivity index (χ2n) is 5.30. The molecule has 1 aliphatic heterocycles. The molecule has 2 amide bonds. The van der Waals surface area contributed by atoms with E-state index in [1.807, 2.05) is 0 Å². The molecule has 0 radical (unpaired) electrons. The van der Waals surface area contributed by atoms with Gasteiger partial charge in [0.2, 0.25) is 5.91 Å². The van der Waals surface area contributed by atoms with E-state index in [4.69, 9.17) is 15.2 Å². The summed E-state index contributed by atoms with van der Waals surface area (Å²) in [7, 11) is 2.76. The van der Waals surface area contributed by atoms with Crippen LogP contribution in [0.1, 0.15) is 28.8 Å². The van der Waals surface area contributed by atoms with Crippen molar-refractivity contribution in [3.63, 3.8) is 0 Å². The molecular weight excluding hydrogens is 316 g/mol. The van der Waals surface area contributed by atoms with Crippen molar-refractivity contribution < 1.29 is 28.6 Å². The number of nitrogens with two attached hydrogens (primary N) is 1. The van der Waals surface area contributed by atoms with Crippen LogP contribution in [0.3, 0.4) is 0 Å². The molecule has 0 aliphatic carbocycles. The molecule has 1 aromatic rings. The van der Waals surface area contributed by atoms with E-state index in [1.54, 1.807) is 18.2 Å². The van der Waals surface area contributed by atoms with Gasteiger partial charge in [0, 0.05) is 24.7 Å². The van der Waals surface area contributed by atoms with Crippen LogP contribution in [0.25, 0.3) is 0 Å². The molecule has 130 valence electrons. The number of carbonyl (C=O) groups is 3. The fraction of sp³-hybridized carbons (Fsp3) is 0.438. The zero-order valence-corrected chi connectivity index (χ0v) is 13.6. The first-order valence-electron chi connectivity index (χ1n) is 7.40. The molecular formula is C16H20N2O6. The van der Waals surface area contributed by atoms with Gasteiger partial charge in [-0.3, -0.25) is 14.4 Å². The Morgan fingerprint density at radius 1 is 1.33 bits per heavy atom. The fourth-order valence-corrected chi connectivity index (χ4v) is 2.64. The summed E-state index contributed by atoms with van der Waals surface area (Å²) in [6.45, 7) is 0.231. The highest BCUT2D eigenvalue weighted by atomic mass is 16.7. The third kappa shape index (κ3) is 3.65. The Balaban J connectivity index is 2.21. The molecule has 2 rings (SSSR count). The van der Waals surface area contributed by atoms with Crippen molar-refractivity contribution in [1.82, 2.24) is 4.90 Å². The van der Waals surface area contributed by atoms with Gasteiger partial charge in [-0.25, -0.2) is 0 Å². The average molecular weight is 336 g/mol. The highest BCUT2D eigenvalue weighted by Crippen LogP contribution is 2.32. The molecule has 0 aromatic heterocycles. The van der Waals surface area contributed by atoms with E-state index >= 15 is 0 Å². The molecule has 0 saturated carbocycles. The maximum absolute atomic E-state index is 12.6. The van der Waals surface area contributed by atoms with Crippen molar-refractivity contribution in [2.45, 2.75) is 25.4 Å². The molecule has 0 bridgehead atoms. The molecule has 0 fully saturated rings. The second-order valence-corrected chi connectivity index (χ2v) is 5.30. The third-order valence-electron chi connectivity index (χ3n) is 3.84. The molecule has 1 aliphatic rings. The van der Waals surface area contributed by atoms with Gasteiger partial charge in [0.25, 0.3) is 5.91 Å². The van der Waals surface area contributed by atoms with Crippen molar-refractivity contribution in [3.05, 3.63) is 29.3 Å². The van der Waals surface area contributed by atoms with Crippen LogP contribution in [0.4, 0.5) is 0 Å². The summed E-state index contributed by atoms with van der Waals surface area (Å²) < 4.78 is 14.9. The standard InChI is InChI=1S/C16H20N2O6/c1-22-9-24-13-5-3-4-10-11(13)8-18(16(10)21)12(15(17)20)6-7-14(19)23-2/h3-5,12H,6-9H2,1-2H3,(H2,17,20). The van der Waals surface area contributed by atoms with Crippen LogP contribution in [0, 0.1) is 0 Å². The maximum atomic E-state index is 12.6. The average Bonchev–Trinajstić information content (AvgIpc) is 2.90. The number of methoxy groups -OCH3 is 2. The van der Waals surface area contributed by atoms with Crippen molar-refractivity contribution in [3.8, 4) is 5.75 Å². The molecule has 1 heterocycles. The lowest BCUT2D eigenvalue weighted by atomic mass is 10.1. The molecule has 24 heavy (non-hydrogen) atoms. The van der Waals surface area contributed by atoms with Crippen molar-refractivity contribution in [2.24, 2.45) is 5.73 Å². The number of hydrogen-bond donors (Lipinski definition) is 1. The lowest BCUT2D eigenvalue weighted by Crippen LogP contribution is -2.45. The van der Waals surface area contributed by atoms with Crippen LogP contribution in [0.15, 0.2) is 18.2 Å². The monoisotopic (exact) mass is 336 g/mol. The van der Waals surface area contributed by atoms with E-state index in [0.29, 0.717) is 16.9 Å². The molecule has 0 saturated heterocycles. The van der Waals surface area contributed by atoms with Gasteiger partial charge >= 0.3 is 5.97 Å². The first-order chi connectivity index (χ1) is 11.5. The van der Waals surface area contributed by atoms with Crippen LogP contribution < -0.4 is 10.5 Å². The van der Waals surface area contributed by atoms with E-state index in [1.165, 1.54) is 19.1 Å². The Bertz CT molecular complexity index is 645. The molecule has 8 heteroatoms. The first kappa shape index (κ1) is 17.7. The summed E-state index contributed by atoms with van der Waals surface area (Å²) >= 11 is 0. The molecule has 1 atom stereocenters. The molecule has 8 nitrogen and oxygen atoms in total. The molecule has 1 aromatic carbocycles. The number of amides is 2.